The van der Waals surface area contributed by atoms with Crippen LogP contribution in [0.1, 0.15) is 29.2 Å². The summed E-state index contributed by atoms with van der Waals surface area (Å²) >= 11 is 3.57. The first kappa shape index (κ1) is 14.9. The van der Waals surface area contributed by atoms with Crippen LogP contribution in [0.4, 0.5) is 0 Å². The summed E-state index contributed by atoms with van der Waals surface area (Å²) in [6, 6.07) is 19.8. The Kier molecular flexibility index (Phi) is 3.94. The van der Waals surface area contributed by atoms with Gasteiger partial charge in [0.25, 0.3) is 0 Å². The first-order valence-corrected chi connectivity index (χ1v) is 8.80. The topological polar surface area (TPSA) is 30.3 Å². The Hall–Kier alpha value is -1.67. The molecule has 0 bridgehead atoms. The SMILES string of the molecule is N#C[C@H]1C[C@@H]2c3ccc(Br)cc3CCN2N1Cc1ccccc1. The summed E-state index contributed by atoms with van der Waals surface area (Å²) in [5.41, 5.74) is 4.06. The molecule has 2 atom stereocenters. The lowest BCUT2D eigenvalue weighted by Gasteiger charge is -2.37. The predicted octanol–water partition coefficient (Wildman–Crippen LogP) is 4.06. The standard InChI is InChI=1S/C19H18BrN3/c20-16-6-7-18-15(10-16)8-9-22-19(18)11-17(12-21)23(22)13-14-4-2-1-3-5-14/h1-7,10,17,19H,8-9,11,13H2/t17-,19-/m1/s1. The van der Waals surface area contributed by atoms with E-state index in [0.29, 0.717) is 6.04 Å². The summed E-state index contributed by atoms with van der Waals surface area (Å²) in [5.74, 6) is 0. The first-order valence-electron chi connectivity index (χ1n) is 8.01. The van der Waals surface area contributed by atoms with E-state index < -0.39 is 0 Å². The maximum absolute atomic E-state index is 9.63. The molecule has 0 saturated carbocycles. The van der Waals surface area contributed by atoms with Crippen LogP contribution >= 0.6 is 15.9 Å². The molecule has 1 fully saturated rings. The second-order valence-corrected chi connectivity index (χ2v) is 7.15. The van der Waals surface area contributed by atoms with Crippen molar-refractivity contribution >= 4 is 15.9 Å². The van der Waals surface area contributed by atoms with Crippen LogP contribution in [0.25, 0.3) is 0 Å². The largest absolute Gasteiger partial charge is 0.232 e. The molecule has 0 N–H and O–H groups in total. The summed E-state index contributed by atoms with van der Waals surface area (Å²) in [5, 5.41) is 14.3. The van der Waals surface area contributed by atoms with Crippen LogP contribution in [0, 0.1) is 11.3 Å². The third kappa shape index (κ3) is 2.70. The zero-order valence-electron chi connectivity index (χ0n) is 12.8. The summed E-state index contributed by atoms with van der Waals surface area (Å²) < 4.78 is 1.14. The quantitative estimate of drug-likeness (QED) is 0.801. The van der Waals surface area contributed by atoms with E-state index in [1.165, 1.54) is 16.7 Å². The Morgan fingerprint density at radius 3 is 2.78 bits per heavy atom. The maximum atomic E-state index is 9.63. The summed E-state index contributed by atoms with van der Waals surface area (Å²) in [4.78, 5) is 0. The molecule has 0 unspecified atom stereocenters. The van der Waals surface area contributed by atoms with E-state index in [0.717, 1.165) is 30.4 Å². The Bertz CT molecular complexity index is 753. The zero-order chi connectivity index (χ0) is 15.8. The van der Waals surface area contributed by atoms with Gasteiger partial charge in [0.05, 0.1) is 12.1 Å². The Morgan fingerprint density at radius 1 is 1.17 bits per heavy atom. The predicted molar refractivity (Wildman–Crippen MR) is 93.3 cm³/mol. The molecule has 2 heterocycles. The van der Waals surface area contributed by atoms with E-state index in [9.17, 15) is 5.26 Å². The molecule has 2 aliphatic heterocycles. The van der Waals surface area contributed by atoms with E-state index in [2.05, 4.69) is 74.5 Å². The highest BCUT2D eigenvalue weighted by Crippen LogP contribution is 2.42. The number of halogens is 1. The minimum atomic E-state index is -0.0465. The normalized spacial score (nSPS) is 24.0. The first-order chi connectivity index (χ1) is 11.3. The summed E-state index contributed by atoms with van der Waals surface area (Å²) in [6.07, 6.45) is 1.92. The highest BCUT2D eigenvalue weighted by molar-refractivity contribution is 9.10. The molecule has 2 aromatic carbocycles. The van der Waals surface area contributed by atoms with Crippen LogP contribution in [-0.2, 0) is 13.0 Å². The van der Waals surface area contributed by atoms with Gasteiger partial charge in [-0.1, -0.05) is 52.3 Å². The molecule has 2 aliphatic rings. The molecule has 0 aliphatic carbocycles. The van der Waals surface area contributed by atoms with Crippen molar-refractivity contribution in [1.82, 2.24) is 10.0 Å². The Morgan fingerprint density at radius 2 is 2.00 bits per heavy atom. The Labute approximate surface area is 145 Å². The van der Waals surface area contributed by atoms with Gasteiger partial charge in [0, 0.05) is 17.6 Å². The highest BCUT2D eigenvalue weighted by atomic mass is 79.9. The number of rotatable bonds is 2. The van der Waals surface area contributed by atoms with Gasteiger partial charge in [-0.2, -0.15) is 5.26 Å². The lowest BCUT2D eigenvalue weighted by Crippen LogP contribution is -2.43. The van der Waals surface area contributed by atoms with Crippen LogP contribution in [0.5, 0.6) is 0 Å². The molecule has 0 spiro atoms. The number of hydrogen-bond donors (Lipinski definition) is 0. The van der Waals surface area contributed by atoms with E-state index >= 15 is 0 Å². The van der Waals surface area contributed by atoms with E-state index in [1.54, 1.807) is 0 Å². The van der Waals surface area contributed by atoms with Crippen LogP contribution in [0.15, 0.2) is 53.0 Å². The van der Waals surface area contributed by atoms with Crippen molar-refractivity contribution < 1.29 is 0 Å². The average molecular weight is 368 g/mol. The third-order valence-electron chi connectivity index (χ3n) is 4.91. The molecule has 3 nitrogen and oxygen atoms in total. The molecule has 0 amide bonds. The molecule has 2 aromatic rings. The third-order valence-corrected chi connectivity index (χ3v) is 5.40. The number of hydrazine groups is 1. The second-order valence-electron chi connectivity index (χ2n) is 6.24. The minimum Gasteiger partial charge on any atom is -0.232 e. The minimum absolute atomic E-state index is 0.0465. The smallest absolute Gasteiger partial charge is 0.113 e. The van der Waals surface area contributed by atoms with Crippen molar-refractivity contribution in [1.29, 1.82) is 5.26 Å². The van der Waals surface area contributed by atoms with Crippen LogP contribution < -0.4 is 0 Å². The van der Waals surface area contributed by atoms with Gasteiger partial charge in [0.15, 0.2) is 0 Å². The van der Waals surface area contributed by atoms with Gasteiger partial charge in [0.1, 0.15) is 6.04 Å². The highest BCUT2D eigenvalue weighted by Gasteiger charge is 2.42. The van der Waals surface area contributed by atoms with Crippen LogP contribution in [-0.4, -0.2) is 22.6 Å². The van der Waals surface area contributed by atoms with E-state index in [1.807, 2.05) is 6.07 Å². The molecule has 0 radical (unpaired) electrons. The second kappa shape index (κ2) is 6.09. The zero-order valence-corrected chi connectivity index (χ0v) is 14.4. The summed E-state index contributed by atoms with van der Waals surface area (Å²) in [7, 11) is 0. The molecule has 116 valence electrons. The number of nitriles is 1. The van der Waals surface area contributed by atoms with Crippen molar-refractivity contribution in [2.75, 3.05) is 6.54 Å². The molecule has 4 rings (SSSR count). The van der Waals surface area contributed by atoms with Crippen molar-refractivity contribution in [3.8, 4) is 6.07 Å². The van der Waals surface area contributed by atoms with Crippen molar-refractivity contribution in [3.05, 3.63) is 69.7 Å². The molecular weight excluding hydrogens is 350 g/mol. The lowest BCUT2D eigenvalue weighted by molar-refractivity contribution is -0.0288. The summed E-state index contributed by atoms with van der Waals surface area (Å²) in [6.45, 7) is 1.79. The average Bonchev–Trinajstić information content (AvgIpc) is 2.93. The van der Waals surface area contributed by atoms with E-state index in [4.69, 9.17) is 0 Å². The van der Waals surface area contributed by atoms with E-state index in [-0.39, 0.29) is 6.04 Å². The van der Waals surface area contributed by atoms with Gasteiger partial charge in [-0.05, 0) is 41.7 Å². The molecule has 0 aromatic heterocycles. The van der Waals surface area contributed by atoms with Crippen LogP contribution in [0.3, 0.4) is 0 Å². The van der Waals surface area contributed by atoms with Gasteiger partial charge in [-0.25, -0.2) is 10.0 Å². The number of nitrogens with zero attached hydrogens (tertiary/aromatic N) is 3. The van der Waals surface area contributed by atoms with Crippen molar-refractivity contribution in [2.24, 2.45) is 0 Å². The molecule has 23 heavy (non-hydrogen) atoms. The number of hydrogen-bond acceptors (Lipinski definition) is 3. The van der Waals surface area contributed by atoms with Crippen LogP contribution in [0.2, 0.25) is 0 Å². The molecular formula is C19H18BrN3. The monoisotopic (exact) mass is 367 g/mol. The lowest BCUT2D eigenvalue weighted by atomic mass is 9.92. The van der Waals surface area contributed by atoms with Gasteiger partial charge in [-0.15, -0.1) is 0 Å². The van der Waals surface area contributed by atoms with Gasteiger partial charge in [-0.3, -0.25) is 0 Å². The van der Waals surface area contributed by atoms with Gasteiger partial charge < -0.3 is 0 Å². The van der Waals surface area contributed by atoms with Gasteiger partial charge >= 0.3 is 0 Å². The fourth-order valence-corrected chi connectivity index (χ4v) is 4.23. The van der Waals surface area contributed by atoms with Crippen molar-refractivity contribution in [2.45, 2.75) is 31.5 Å². The maximum Gasteiger partial charge on any atom is 0.113 e. The number of benzene rings is 2. The number of fused-ring (bicyclic) bond motifs is 3. The fourth-order valence-electron chi connectivity index (χ4n) is 3.83. The van der Waals surface area contributed by atoms with Gasteiger partial charge in [0.2, 0.25) is 0 Å². The fraction of sp³-hybridized carbons (Fsp3) is 0.316. The van der Waals surface area contributed by atoms with Crippen molar-refractivity contribution in [3.63, 3.8) is 0 Å². The molecule has 1 saturated heterocycles. The Balaban J connectivity index is 1.65. The molecule has 4 heteroatoms.